The Morgan fingerprint density at radius 3 is 2.62 bits per heavy atom. The average molecular weight is 413 g/mol. The molecule has 1 atom stereocenters. The van der Waals surface area contributed by atoms with Crippen molar-refractivity contribution < 1.29 is 9.18 Å². The van der Waals surface area contributed by atoms with Crippen LogP contribution in [0.25, 0.3) is 11.3 Å². The number of benzene rings is 2. The first-order valence-electron chi connectivity index (χ1n) is 9.69. The molecule has 2 aromatic carbocycles. The van der Waals surface area contributed by atoms with Crippen LogP contribution in [0.5, 0.6) is 0 Å². The summed E-state index contributed by atoms with van der Waals surface area (Å²) < 4.78 is 13.2. The standard InChI is InChI=1S/C22H22ClFN4O/c23-19-6-2-1-5-17(19)20(28-11-3-4-12-28)14-25-22(29)18-13-26-27-21(18)15-7-9-16(24)10-8-15/h1-2,5-10,13,20H,3-4,11-12,14H2,(H,25,29)(H,26,27). The van der Waals surface area contributed by atoms with Gasteiger partial charge in [-0.05, 0) is 61.8 Å². The van der Waals surface area contributed by atoms with Crippen molar-refractivity contribution in [2.24, 2.45) is 0 Å². The summed E-state index contributed by atoms with van der Waals surface area (Å²) in [5.41, 5.74) is 2.72. The van der Waals surface area contributed by atoms with E-state index in [2.05, 4.69) is 20.4 Å². The maximum absolute atomic E-state index is 13.2. The highest BCUT2D eigenvalue weighted by Gasteiger charge is 2.26. The van der Waals surface area contributed by atoms with Crippen molar-refractivity contribution in [2.75, 3.05) is 19.6 Å². The maximum atomic E-state index is 13.2. The molecule has 1 fully saturated rings. The monoisotopic (exact) mass is 412 g/mol. The summed E-state index contributed by atoms with van der Waals surface area (Å²) >= 11 is 6.45. The molecule has 0 spiro atoms. The lowest BCUT2D eigenvalue weighted by Gasteiger charge is -2.29. The number of carbonyl (C=O) groups is 1. The molecule has 1 unspecified atom stereocenters. The number of nitrogens with zero attached hydrogens (tertiary/aromatic N) is 2. The number of nitrogens with one attached hydrogen (secondary N) is 2. The number of amides is 1. The van der Waals surface area contributed by atoms with Gasteiger partial charge in [0.05, 0.1) is 23.5 Å². The van der Waals surface area contributed by atoms with Crippen LogP contribution in [-0.2, 0) is 0 Å². The van der Waals surface area contributed by atoms with Gasteiger partial charge in [-0.1, -0.05) is 29.8 Å². The molecular formula is C22H22ClFN4O. The van der Waals surface area contributed by atoms with Crippen molar-refractivity contribution in [3.8, 4) is 11.3 Å². The molecule has 29 heavy (non-hydrogen) atoms. The molecule has 0 bridgehead atoms. The molecule has 2 N–H and O–H groups in total. The Morgan fingerprint density at radius 2 is 1.90 bits per heavy atom. The Bertz CT molecular complexity index is 982. The molecule has 4 rings (SSSR count). The summed E-state index contributed by atoms with van der Waals surface area (Å²) in [5, 5.41) is 10.6. The molecule has 1 amide bonds. The highest BCUT2D eigenvalue weighted by Crippen LogP contribution is 2.30. The summed E-state index contributed by atoms with van der Waals surface area (Å²) in [4.78, 5) is 15.3. The molecule has 1 aliphatic rings. The third-order valence-electron chi connectivity index (χ3n) is 5.32. The normalized spacial score (nSPS) is 15.4. The Labute approximate surface area is 173 Å². The summed E-state index contributed by atoms with van der Waals surface area (Å²) in [6.45, 7) is 2.41. The van der Waals surface area contributed by atoms with E-state index in [0.29, 0.717) is 28.4 Å². The second-order valence-corrected chi connectivity index (χ2v) is 7.56. The number of carbonyl (C=O) groups excluding carboxylic acids is 1. The van der Waals surface area contributed by atoms with Gasteiger partial charge in [-0.25, -0.2) is 4.39 Å². The first-order valence-corrected chi connectivity index (χ1v) is 10.1. The molecular weight excluding hydrogens is 391 g/mol. The average Bonchev–Trinajstić information content (AvgIpc) is 3.42. The van der Waals surface area contributed by atoms with Crippen LogP contribution >= 0.6 is 11.6 Å². The smallest absolute Gasteiger partial charge is 0.255 e. The van der Waals surface area contributed by atoms with Crippen molar-refractivity contribution >= 4 is 17.5 Å². The van der Waals surface area contributed by atoms with E-state index in [1.165, 1.54) is 18.3 Å². The van der Waals surface area contributed by atoms with Crippen molar-refractivity contribution in [3.05, 3.63) is 76.7 Å². The van der Waals surface area contributed by atoms with E-state index in [1.807, 2.05) is 24.3 Å². The van der Waals surface area contributed by atoms with Crippen LogP contribution in [0.4, 0.5) is 4.39 Å². The van der Waals surface area contributed by atoms with Gasteiger partial charge in [0.15, 0.2) is 0 Å². The number of aromatic nitrogens is 2. The first kappa shape index (κ1) is 19.6. The van der Waals surface area contributed by atoms with E-state index >= 15 is 0 Å². The minimum Gasteiger partial charge on any atom is -0.350 e. The quantitative estimate of drug-likeness (QED) is 0.629. The van der Waals surface area contributed by atoms with E-state index in [-0.39, 0.29) is 17.8 Å². The number of hydrogen-bond acceptors (Lipinski definition) is 3. The van der Waals surface area contributed by atoms with Crippen LogP contribution in [0, 0.1) is 5.82 Å². The third-order valence-corrected chi connectivity index (χ3v) is 5.66. The SMILES string of the molecule is O=C(NCC(c1ccccc1Cl)N1CCCC1)c1cn[nH]c1-c1ccc(F)cc1. The molecule has 2 heterocycles. The van der Waals surface area contributed by atoms with E-state index in [9.17, 15) is 9.18 Å². The molecule has 0 aliphatic carbocycles. The number of halogens is 2. The molecule has 0 saturated carbocycles. The van der Waals surface area contributed by atoms with Gasteiger partial charge >= 0.3 is 0 Å². The Kier molecular flexibility index (Phi) is 5.92. The molecule has 150 valence electrons. The lowest BCUT2D eigenvalue weighted by Crippen LogP contribution is -2.37. The molecule has 1 aliphatic heterocycles. The Hall–Kier alpha value is -2.70. The minimum atomic E-state index is -0.326. The first-order chi connectivity index (χ1) is 14.1. The van der Waals surface area contributed by atoms with Crippen molar-refractivity contribution in [2.45, 2.75) is 18.9 Å². The second kappa shape index (κ2) is 8.76. The third kappa shape index (κ3) is 4.33. The van der Waals surface area contributed by atoms with Gasteiger partial charge in [-0.15, -0.1) is 0 Å². The number of hydrogen-bond donors (Lipinski definition) is 2. The Balaban J connectivity index is 1.53. The number of aromatic amines is 1. The predicted molar refractivity (Wildman–Crippen MR) is 111 cm³/mol. The van der Waals surface area contributed by atoms with Crippen LogP contribution in [0.3, 0.4) is 0 Å². The van der Waals surface area contributed by atoms with Gasteiger partial charge < -0.3 is 5.32 Å². The van der Waals surface area contributed by atoms with Gasteiger partial charge in [0.25, 0.3) is 5.91 Å². The van der Waals surface area contributed by atoms with E-state index in [4.69, 9.17) is 11.6 Å². The molecule has 3 aromatic rings. The second-order valence-electron chi connectivity index (χ2n) is 7.16. The predicted octanol–water partition coefficient (Wildman–Crippen LogP) is 4.44. The van der Waals surface area contributed by atoms with Crippen molar-refractivity contribution in [1.82, 2.24) is 20.4 Å². The van der Waals surface area contributed by atoms with E-state index in [0.717, 1.165) is 31.5 Å². The fourth-order valence-electron chi connectivity index (χ4n) is 3.81. The number of likely N-dealkylation sites (tertiary alicyclic amines) is 1. The van der Waals surface area contributed by atoms with Crippen LogP contribution in [0.15, 0.2) is 54.7 Å². The molecule has 0 radical (unpaired) electrons. The lowest BCUT2D eigenvalue weighted by molar-refractivity contribution is 0.0938. The summed E-state index contributed by atoms with van der Waals surface area (Å²) in [6.07, 6.45) is 3.78. The number of rotatable bonds is 6. The van der Waals surface area contributed by atoms with E-state index < -0.39 is 0 Å². The fraction of sp³-hybridized carbons (Fsp3) is 0.273. The lowest BCUT2D eigenvalue weighted by atomic mass is 10.0. The topological polar surface area (TPSA) is 61.0 Å². The largest absolute Gasteiger partial charge is 0.350 e. The van der Waals surface area contributed by atoms with Gasteiger partial charge in [-0.3, -0.25) is 14.8 Å². The van der Waals surface area contributed by atoms with Crippen LogP contribution in [-0.4, -0.2) is 40.6 Å². The van der Waals surface area contributed by atoms with Gasteiger partial charge in [0.2, 0.25) is 0 Å². The van der Waals surface area contributed by atoms with Gasteiger partial charge in [-0.2, -0.15) is 5.10 Å². The summed E-state index contributed by atoms with van der Waals surface area (Å²) in [5.74, 6) is -0.554. The molecule has 1 aromatic heterocycles. The molecule has 7 heteroatoms. The van der Waals surface area contributed by atoms with Crippen LogP contribution in [0.2, 0.25) is 5.02 Å². The van der Waals surface area contributed by atoms with Gasteiger partial charge in [0.1, 0.15) is 5.82 Å². The highest BCUT2D eigenvalue weighted by molar-refractivity contribution is 6.31. The zero-order valence-electron chi connectivity index (χ0n) is 15.9. The summed E-state index contributed by atoms with van der Waals surface area (Å²) in [6, 6.07) is 13.7. The number of H-pyrrole nitrogens is 1. The van der Waals surface area contributed by atoms with Crippen LogP contribution in [0.1, 0.15) is 34.8 Å². The van der Waals surface area contributed by atoms with Gasteiger partial charge in [0, 0.05) is 17.1 Å². The molecule has 1 saturated heterocycles. The molecule has 5 nitrogen and oxygen atoms in total. The fourth-order valence-corrected chi connectivity index (χ4v) is 4.08. The summed E-state index contributed by atoms with van der Waals surface area (Å²) in [7, 11) is 0. The van der Waals surface area contributed by atoms with E-state index in [1.54, 1.807) is 12.1 Å². The van der Waals surface area contributed by atoms with Crippen molar-refractivity contribution in [3.63, 3.8) is 0 Å². The maximum Gasteiger partial charge on any atom is 0.255 e. The minimum absolute atomic E-state index is 0.0105. The van der Waals surface area contributed by atoms with Crippen LogP contribution < -0.4 is 5.32 Å². The Morgan fingerprint density at radius 1 is 1.17 bits per heavy atom. The van der Waals surface area contributed by atoms with Crippen molar-refractivity contribution in [1.29, 1.82) is 0 Å². The zero-order valence-corrected chi connectivity index (χ0v) is 16.6. The highest BCUT2D eigenvalue weighted by atomic mass is 35.5. The zero-order chi connectivity index (χ0) is 20.2.